The Hall–Kier alpha value is -2.91. The van der Waals surface area contributed by atoms with Crippen LogP contribution in [0, 0.1) is 0 Å². The summed E-state index contributed by atoms with van der Waals surface area (Å²) in [6, 6.07) is 11.4. The molecule has 9 heteroatoms. The smallest absolute Gasteiger partial charge is 0.257 e. The first-order valence-electron chi connectivity index (χ1n) is 12.2. The van der Waals surface area contributed by atoms with Gasteiger partial charge in [-0.2, -0.15) is 0 Å². The average Bonchev–Trinajstić information content (AvgIpc) is 3.73. The van der Waals surface area contributed by atoms with Crippen LogP contribution >= 0.6 is 0 Å². The number of primary amides is 1. The topological polar surface area (TPSA) is 110 Å². The fourth-order valence-electron chi connectivity index (χ4n) is 4.50. The Bertz CT molecular complexity index is 1110. The summed E-state index contributed by atoms with van der Waals surface area (Å²) in [4.78, 5) is 24.5. The van der Waals surface area contributed by atoms with Gasteiger partial charge in [0, 0.05) is 6.42 Å². The minimum Gasteiger partial charge on any atom is -0.369 e. The first-order chi connectivity index (χ1) is 16.8. The van der Waals surface area contributed by atoms with Crippen LogP contribution in [0.1, 0.15) is 63.1 Å². The molecule has 0 unspecified atom stereocenters. The molecule has 2 atom stereocenters. The molecular weight excluding hydrogens is 469 g/mol. The van der Waals surface area contributed by atoms with E-state index in [2.05, 4.69) is 10.6 Å². The number of rotatable bonds is 11. The summed E-state index contributed by atoms with van der Waals surface area (Å²) >= 11 is 0. The lowest BCUT2D eigenvalue weighted by Gasteiger charge is -2.29. The largest absolute Gasteiger partial charge is 0.369 e. The Balaban J connectivity index is 1.50. The molecule has 0 heterocycles. The summed E-state index contributed by atoms with van der Waals surface area (Å²) in [5, 5.41) is 5.32. The van der Waals surface area contributed by atoms with Crippen molar-refractivity contribution in [2.24, 2.45) is 11.5 Å². The molecule has 2 aliphatic carbocycles. The molecule has 0 spiro atoms. The van der Waals surface area contributed by atoms with Gasteiger partial charge in [-0.15, -0.1) is 0 Å². The monoisotopic (exact) mass is 502 g/mol. The molecule has 0 aromatic heterocycles. The van der Waals surface area contributed by atoms with E-state index in [1.54, 1.807) is 24.3 Å². The predicted molar refractivity (Wildman–Crippen MR) is 132 cm³/mol. The SMILES string of the molecule is CC(C)(F)C[C@H](N[C@@H](c1ccc(-c2ccc(C3(C(N)=O)CC3)cc2)cc1)C(F)F)C(=O)NC1(N)CC1. The minimum absolute atomic E-state index is 0.277. The summed E-state index contributed by atoms with van der Waals surface area (Å²) in [7, 11) is 0. The first-order valence-corrected chi connectivity index (χ1v) is 12.2. The van der Waals surface area contributed by atoms with Gasteiger partial charge in [-0.25, -0.2) is 13.2 Å². The zero-order valence-electron chi connectivity index (χ0n) is 20.5. The van der Waals surface area contributed by atoms with Gasteiger partial charge in [-0.05, 0) is 61.8 Å². The zero-order valence-corrected chi connectivity index (χ0v) is 20.5. The van der Waals surface area contributed by atoms with Gasteiger partial charge >= 0.3 is 0 Å². The Morgan fingerprint density at radius 1 is 0.972 bits per heavy atom. The van der Waals surface area contributed by atoms with Crippen LogP contribution in [-0.4, -0.2) is 35.6 Å². The number of carbonyl (C=O) groups is 2. The van der Waals surface area contributed by atoms with Crippen LogP contribution in [-0.2, 0) is 15.0 Å². The number of nitrogens with one attached hydrogen (secondary N) is 2. The van der Waals surface area contributed by atoms with Gasteiger partial charge < -0.3 is 16.8 Å². The van der Waals surface area contributed by atoms with Crippen LogP contribution < -0.4 is 22.1 Å². The Labute approximate surface area is 209 Å². The third-order valence-corrected chi connectivity index (χ3v) is 7.06. The van der Waals surface area contributed by atoms with Crippen molar-refractivity contribution in [2.75, 3.05) is 0 Å². The number of carbonyl (C=O) groups excluding carboxylic acids is 2. The Morgan fingerprint density at radius 3 is 1.92 bits per heavy atom. The van der Waals surface area contributed by atoms with Crippen LogP contribution in [0.2, 0.25) is 0 Å². The Kier molecular flexibility index (Phi) is 6.92. The molecule has 36 heavy (non-hydrogen) atoms. The summed E-state index contributed by atoms with van der Waals surface area (Å²) < 4.78 is 42.6. The lowest BCUT2D eigenvalue weighted by atomic mass is 9.92. The van der Waals surface area contributed by atoms with E-state index in [-0.39, 0.29) is 17.9 Å². The van der Waals surface area contributed by atoms with E-state index in [0.29, 0.717) is 12.8 Å². The lowest BCUT2D eigenvalue weighted by Crippen LogP contribution is -2.54. The highest BCUT2D eigenvalue weighted by Gasteiger charge is 2.49. The second kappa shape index (κ2) is 9.52. The van der Waals surface area contributed by atoms with E-state index < -0.39 is 41.2 Å². The number of halogens is 3. The highest BCUT2D eigenvalue weighted by Crippen LogP contribution is 2.48. The second-order valence-electron chi connectivity index (χ2n) is 10.7. The molecule has 2 aliphatic rings. The summed E-state index contributed by atoms with van der Waals surface area (Å²) in [5.41, 5.74) is 11.2. The second-order valence-corrected chi connectivity index (χ2v) is 10.7. The highest BCUT2D eigenvalue weighted by atomic mass is 19.3. The van der Waals surface area contributed by atoms with E-state index in [0.717, 1.165) is 29.5 Å². The Morgan fingerprint density at radius 2 is 1.50 bits per heavy atom. The molecule has 2 fully saturated rings. The molecule has 0 radical (unpaired) electrons. The van der Waals surface area contributed by atoms with Crippen molar-refractivity contribution < 1.29 is 22.8 Å². The number of amides is 2. The van der Waals surface area contributed by atoms with E-state index >= 15 is 0 Å². The maximum atomic E-state index is 14.4. The maximum Gasteiger partial charge on any atom is 0.257 e. The van der Waals surface area contributed by atoms with Gasteiger partial charge in [-0.1, -0.05) is 48.5 Å². The van der Waals surface area contributed by atoms with Gasteiger partial charge in [0.2, 0.25) is 11.8 Å². The predicted octanol–water partition coefficient (Wildman–Crippen LogP) is 3.84. The number of benzene rings is 2. The molecule has 2 saturated carbocycles. The summed E-state index contributed by atoms with van der Waals surface area (Å²) in [6.45, 7) is 2.60. The molecule has 2 amide bonds. The van der Waals surface area contributed by atoms with Crippen molar-refractivity contribution in [3.8, 4) is 11.1 Å². The van der Waals surface area contributed by atoms with Crippen molar-refractivity contribution in [3.63, 3.8) is 0 Å². The van der Waals surface area contributed by atoms with Gasteiger partial charge in [0.1, 0.15) is 5.67 Å². The molecule has 2 aromatic rings. The third-order valence-electron chi connectivity index (χ3n) is 7.06. The summed E-state index contributed by atoms with van der Waals surface area (Å²) in [6.07, 6.45) is -0.449. The third kappa shape index (κ3) is 5.90. The van der Waals surface area contributed by atoms with E-state index in [1.165, 1.54) is 13.8 Å². The quantitative estimate of drug-likeness (QED) is 0.350. The van der Waals surface area contributed by atoms with Crippen molar-refractivity contribution >= 4 is 11.8 Å². The van der Waals surface area contributed by atoms with E-state index in [4.69, 9.17) is 11.5 Å². The van der Waals surface area contributed by atoms with Gasteiger partial charge in [-0.3, -0.25) is 14.9 Å². The van der Waals surface area contributed by atoms with Crippen LogP contribution in [0.15, 0.2) is 48.5 Å². The average molecular weight is 503 g/mol. The molecule has 4 rings (SSSR count). The van der Waals surface area contributed by atoms with Crippen molar-refractivity contribution in [1.82, 2.24) is 10.6 Å². The van der Waals surface area contributed by atoms with Crippen LogP contribution in [0.5, 0.6) is 0 Å². The van der Waals surface area contributed by atoms with Crippen LogP contribution in [0.3, 0.4) is 0 Å². The fourth-order valence-corrected chi connectivity index (χ4v) is 4.50. The van der Waals surface area contributed by atoms with E-state index in [9.17, 15) is 22.8 Å². The van der Waals surface area contributed by atoms with Crippen LogP contribution in [0.25, 0.3) is 11.1 Å². The highest BCUT2D eigenvalue weighted by molar-refractivity contribution is 5.90. The standard InChI is InChI=1S/C27H33F3N4O2/c1-25(2,30)15-20(23(35)34-27(32)13-14-27)33-21(22(28)29)18-5-3-16(4-6-18)17-7-9-19(10-8-17)26(11-12-26)24(31)36/h3-10,20-22,33H,11-15,32H2,1-2H3,(H2,31,36)(H,34,35)/t20-,21-/m0/s1. The van der Waals surface area contributed by atoms with Gasteiger partial charge in [0.25, 0.3) is 6.43 Å². The molecule has 6 nitrogen and oxygen atoms in total. The van der Waals surface area contributed by atoms with E-state index in [1.807, 2.05) is 24.3 Å². The number of hydrogen-bond donors (Lipinski definition) is 4. The molecular formula is C27H33F3N4O2. The number of nitrogens with two attached hydrogens (primary N) is 2. The number of hydrogen-bond acceptors (Lipinski definition) is 4. The minimum atomic E-state index is -2.83. The summed E-state index contributed by atoms with van der Waals surface area (Å²) in [5.74, 6) is -0.917. The van der Waals surface area contributed by atoms with Crippen molar-refractivity contribution in [1.29, 1.82) is 0 Å². The van der Waals surface area contributed by atoms with Gasteiger partial charge in [0.05, 0.1) is 23.2 Å². The first kappa shape index (κ1) is 26.2. The van der Waals surface area contributed by atoms with Crippen molar-refractivity contribution in [2.45, 2.75) is 81.2 Å². The maximum absolute atomic E-state index is 14.4. The normalized spacial score (nSPS) is 19.4. The molecule has 0 saturated heterocycles. The lowest BCUT2D eigenvalue weighted by molar-refractivity contribution is -0.125. The molecule has 0 bridgehead atoms. The molecule has 0 aliphatic heterocycles. The number of alkyl halides is 3. The fraction of sp³-hybridized carbons (Fsp3) is 0.481. The molecule has 6 N–H and O–H groups in total. The molecule has 2 aromatic carbocycles. The van der Waals surface area contributed by atoms with Crippen molar-refractivity contribution in [3.05, 3.63) is 59.7 Å². The van der Waals surface area contributed by atoms with Crippen LogP contribution in [0.4, 0.5) is 13.2 Å². The molecule has 194 valence electrons. The van der Waals surface area contributed by atoms with Gasteiger partial charge in [0.15, 0.2) is 0 Å². The zero-order chi connectivity index (χ0) is 26.3.